The number of hydrogen-bond acceptors (Lipinski definition) is 2. The molecule has 0 spiro atoms. The van der Waals surface area contributed by atoms with Crippen molar-refractivity contribution >= 4 is 0 Å². The maximum absolute atomic E-state index is 10.1. The predicted octanol–water partition coefficient (Wildman–Crippen LogP) is 2.78. The number of nitrogens with zero attached hydrogens (tertiary/aromatic N) is 2. The van der Waals surface area contributed by atoms with E-state index in [0.717, 1.165) is 30.5 Å². The van der Waals surface area contributed by atoms with Crippen LogP contribution in [0.1, 0.15) is 35.8 Å². The van der Waals surface area contributed by atoms with E-state index in [0.29, 0.717) is 0 Å². The van der Waals surface area contributed by atoms with E-state index in [-0.39, 0.29) is 0 Å². The fourth-order valence-electron chi connectivity index (χ4n) is 2.24. The van der Waals surface area contributed by atoms with Gasteiger partial charge in [0.2, 0.25) is 0 Å². The molecule has 0 aliphatic rings. The largest absolute Gasteiger partial charge is 0.388 e. The Bertz CT molecular complexity index is 490. The van der Waals surface area contributed by atoms with Crippen molar-refractivity contribution in [1.29, 1.82) is 0 Å². The molecule has 18 heavy (non-hydrogen) atoms. The number of benzene rings is 1. The lowest BCUT2D eigenvalue weighted by Gasteiger charge is -2.09. The summed E-state index contributed by atoms with van der Waals surface area (Å²) in [7, 11) is 1.88. The van der Waals surface area contributed by atoms with Gasteiger partial charge in [-0.25, -0.2) is 0 Å². The zero-order valence-electron chi connectivity index (χ0n) is 11.0. The van der Waals surface area contributed by atoms with Crippen LogP contribution in [0, 0.1) is 6.92 Å². The molecule has 2 aromatic rings. The van der Waals surface area contributed by atoms with Crippen LogP contribution in [-0.4, -0.2) is 14.9 Å². The molecular weight excluding hydrogens is 224 g/mol. The summed E-state index contributed by atoms with van der Waals surface area (Å²) in [6, 6.07) is 10.4. The molecule has 0 radical (unpaired) electrons. The van der Waals surface area contributed by atoms with Crippen LogP contribution in [0.3, 0.4) is 0 Å². The lowest BCUT2D eigenvalue weighted by molar-refractivity contribution is 0.164. The van der Waals surface area contributed by atoms with Gasteiger partial charge in [-0.1, -0.05) is 30.3 Å². The molecular formula is C15H20N2O. The molecule has 0 aliphatic heterocycles. The number of aryl methyl sites for hydroxylation is 3. The summed E-state index contributed by atoms with van der Waals surface area (Å²) in [6.07, 6.45) is 4.28. The van der Waals surface area contributed by atoms with Crippen LogP contribution in [0.5, 0.6) is 0 Å². The van der Waals surface area contributed by atoms with Crippen LogP contribution < -0.4 is 0 Å². The highest BCUT2D eigenvalue weighted by atomic mass is 16.3. The van der Waals surface area contributed by atoms with Gasteiger partial charge in [-0.2, -0.15) is 5.10 Å². The van der Waals surface area contributed by atoms with Gasteiger partial charge in [0.05, 0.1) is 11.8 Å². The van der Waals surface area contributed by atoms with Gasteiger partial charge >= 0.3 is 0 Å². The zero-order valence-corrected chi connectivity index (χ0v) is 11.0. The summed E-state index contributed by atoms with van der Waals surface area (Å²) in [6.45, 7) is 1.94. The highest BCUT2D eigenvalue weighted by Gasteiger charge is 2.12. The normalized spacial score (nSPS) is 12.6. The Balaban J connectivity index is 1.85. The first-order chi connectivity index (χ1) is 8.66. The molecule has 0 saturated heterocycles. The maximum Gasteiger partial charge on any atom is 0.0823 e. The molecule has 1 N–H and O–H groups in total. The minimum Gasteiger partial charge on any atom is -0.388 e. The Kier molecular flexibility index (Phi) is 4.15. The van der Waals surface area contributed by atoms with Crippen molar-refractivity contribution in [2.75, 3.05) is 0 Å². The number of rotatable bonds is 5. The second-order valence-electron chi connectivity index (χ2n) is 4.74. The van der Waals surface area contributed by atoms with Crippen molar-refractivity contribution in [3.8, 4) is 0 Å². The summed E-state index contributed by atoms with van der Waals surface area (Å²) in [5.41, 5.74) is 3.20. The second-order valence-corrected chi connectivity index (χ2v) is 4.74. The molecule has 96 valence electrons. The molecule has 0 saturated carbocycles. The van der Waals surface area contributed by atoms with E-state index in [1.54, 1.807) is 4.68 Å². The summed E-state index contributed by atoms with van der Waals surface area (Å²) in [5, 5.41) is 14.4. The van der Waals surface area contributed by atoms with Gasteiger partial charge in [-0.05, 0) is 31.7 Å². The Morgan fingerprint density at radius 1 is 1.28 bits per heavy atom. The average Bonchev–Trinajstić information content (AvgIpc) is 2.70. The van der Waals surface area contributed by atoms with Gasteiger partial charge in [0.1, 0.15) is 0 Å². The Hall–Kier alpha value is -1.61. The molecule has 3 nitrogen and oxygen atoms in total. The first-order valence-electron chi connectivity index (χ1n) is 6.39. The maximum atomic E-state index is 10.1. The van der Waals surface area contributed by atoms with E-state index in [9.17, 15) is 5.11 Å². The minimum absolute atomic E-state index is 0.401. The lowest BCUT2D eigenvalue weighted by Crippen LogP contribution is -1.99. The first kappa shape index (κ1) is 12.8. The Labute approximate surface area is 108 Å². The standard InChI is InChI=1S/C15H20N2O/c1-12-14(11-17(2)16-12)15(18)10-6-9-13-7-4-3-5-8-13/h3-5,7-8,11,15,18H,6,9-10H2,1-2H3. The minimum atomic E-state index is -0.401. The van der Waals surface area contributed by atoms with E-state index in [4.69, 9.17) is 0 Å². The molecule has 3 heteroatoms. The summed E-state index contributed by atoms with van der Waals surface area (Å²) < 4.78 is 1.76. The third kappa shape index (κ3) is 3.20. The Morgan fingerprint density at radius 2 is 2.00 bits per heavy atom. The van der Waals surface area contributed by atoms with Crippen LogP contribution in [0.25, 0.3) is 0 Å². The molecule has 0 bridgehead atoms. The van der Waals surface area contributed by atoms with Crippen molar-refractivity contribution in [3.05, 3.63) is 53.3 Å². The molecule has 1 atom stereocenters. The number of aliphatic hydroxyl groups is 1. The Morgan fingerprint density at radius 3 is 2.61 bits per heavy atom. The smallest absolute Gasteiger partial charge is 0.0823 e. The number of aliphatic hydroxyl groups excluding tert-OH is 1. The average molecular weight is 244 g/mol. The SMILES string of the molecule is Cc1nn(C)cc1C(O)CCCc1ccccc1. The van der Waals surface area contributed by atoms with Gasteiger partial charge in [-0.3, -0.25) is 4.68 Å². The van der Waals surface area contributed by atoms with Gasteiger partial charge in [-0.15, -0.1) is 0 Å². The van der Waals surface area contributed by atoms with Gasteiger partial charge < -0.3 is 5.11 Å². The van der Waals surface area contributed by atoms with Crippen molar-refractivity contribution < 1.29 is 5.11 Å². The van der Waals surface area contributed by atoms with Crippen molar-refractivity contribution in [2.45, 2.75) is 32.3 Å². The third-order valence-electron chi connectivity index (χ3n) is 3.20. The number of aromatic nitrogens is 2. The van der Waals surface area contributed by atoms with Crippen LogP contribution in [-0.2, 0) is 13.5 Å². The van der Waals surface area contributed by atoms with Crippen LogP contribution in [0.2, 0.25) is 0 Å². The second kappa shape index (κ2) is 5.83. The van der Waals surface area contributed by atoms with Gasteiger partial charge in [0.25, 0.3) is 0 Å². The molecule has 1 aromatic carbocycles. The summed E-state index contributed by atoms with van der Waals surface area (Å²) >= 11 is 0. The van der Waals surface area contributed by atoms with Gasteiger partial charge in [0, 0.05) is 18.8 Å². The molecule has 1 heterocycles. The fraction of sp³-hybridized carbons (Fsp3) is 0.400. The zero-order chi connectivity index (χ0) is 13.0. The van der Waals surface area contributed by atoms with E-state index in [2.05, 4.69) is 29.4 Å². The molecule has 2 rings (SSSR count). The molecule has 0 fully saturated rings. The van der Waals surface area contributed by atoms with Crippen LogP contribution in [0.4, 0.5) is 0 Å². The van der Waals surface area contributed by atoms with E-state index < -0.39 is 6.10 Å². The van der Waals surface area contributed by atoms with E-state index in [1.807, 2.05) is 26.2 Å². The highest BCUT2D eigenvalue weighted by Crippen LogP contribution is 2.21. The van der Waals surface area contributed by atoms with E-state index in [1.165, 1.54) is 5.56 Å². The van der Waals surface area contributed by atoms with Gasteiger partial charge in [0.15, 0.2) is 0 Å². The third-order valence-corrected chi connectivity index (χ3v) is 3.20. The summed E-state index contributed by atoms with van der Waals surface area (Å²) in [4.78, 5) is 0. The van der Waals surface area contributed by atoms with E-state index >= 15 is 0 Å². The number of hydrogen-bond donors (Lipinski definition) is 1. The quantitative estimate of drug-likeness (QED) is 0.878. The van der Waals surface area contributed by atoms with Crippen molar-refractivity contribution in [3.63, 3.8) is 0 Å². The fourth-order valence-corrected chi connectivity index (χ4v) is 2.24. The highest BCUT2D eigenvalue weighted by molar-refractivity contribution is 5.18. The topological polar surface area (TPSA) is 38.0 Å². The molecule has 0 aliphatic carbocycles. The monoisotopic (exact) mass is 244 g/mol. The van der Waals surface area contributed by atoms with Crippen LogP contribution >= 0.6 is 0 Å². The molecule has 0 amide bonds. The van der Waals surface area contributed by atoms with Crippen LogP contribution in [0.15, 0.2) is 36.5 Å². The first-order valence-corrected chi connectivity index (χ1v) is 6.39. The molecule has 1 aromatic heterocycles. The van der Waals surface area contributed by atoms with Crippen molar-refractivity contribution in [1.82, 2.24) is 9.78 Å². The summed E-state index contributed by atoms with van der Waals surface area (Å²) in [5.74, 6) is 0. The van der Waals surface area contributed by atoms with Crippen molar-refractivity contribution in [2.24, 2.45) is 7.05 Å². The lowest BCUT2D eigenvalue weighted by atomic mass is 10.0. The molecule has 1 unspecified atom stereocenters. The predicted molar refractivity (Wildman–Crippen MR) is 72.3 cm³/mol.